The van der Waals surface area contributed by atoms with Gasteiger partial charge >= 0.3 is 0 Å². The summed E-state index contributed by atoms with van der Waals surface area (Å²) in [5, 5.41) is 3.08. The van der Waals surface area contributed by atoms with Crippen molar-refractivity contribution in [3.8, 4) is 0 Å². The van der Waals surface area contributed by atoms with Crippen LogP contribution < -0.4 is 5.32 Å². The molecular weight excluding hydrogens is 284 g/mol. The molecule has 3 heteroatoms. The number of likely N-dealkylation sites (tertiary alicyclic amines) is 1. The molecule has 1 saturated heterocycles. The Morgan fingerprint density at radius 2 is 1.74 bits per heavy atom. The Morgan fingerprint density at radius 1 is 1.13 bits per heavy atom. The number of hydrogen-bond donors (Lipinski definition) is 1. The van der Waals surface area contributed by atoms with Gasteiger partial charge in [0.15, 0.2) is 0 Å². The molecule has 0 atom stereocenters. The van der Waals surface area contributed by atoms with E-state index in [9.17, 15) is 4.79 Å². The molecule has 0 aliphatic carbocycles. The van der Waals surface area contributed by atoms with Crippen molar-refractivity contribution >= 4 is 5.91 Å². The molecule has 1 aliphatic heterocycles. The number of nitrogens with one attached hydrogen (secondary N) is 1. The highest BCUT2D eigenvalue weighted by Crippen LogP contribution is 2.21. The van der Waals surface area contributed by atoms with E-state index < -0.39 is 0 Å². The molecule has 1 fully saturated rings. The molecule has 2 rings (SSSR count). The minimum atomic E-state index is 0.0555. The van der Waals surface area contributed by atoms with Crippen molar-refractivity contribution in [1.82, 2.24) is 10.2 Å². The van der Waals surface area contributed by atoms with Crippen LogP contribution in [-0.4, -0.2) is 36.5 Å². The van der Waals surface area contributed by atoms with Crippen molar-refractivity contribution in [3.05, 3.63) is 35.4 Å². The van der Waals surface area contributed by atoms with E-state index in [-0.39, 0.29) is 5.91 Å². The summed E-state index contributed by atoms with van der Waals surface area (Å²) in [4.78, 5) is 14.7. The normalized spacial score (nSPS) is 17.0. The van der Waals surface area contributed by atoms with Crippen molar-refractivity contribution < 1.29 is 4.79 Å². The summed E-state index contributed by atoms with van der Waals surface area (Å²) in [5.41, 5.74) is 2.04. The number of carbonyl (C=O) groups excluding carboxylic acids is 1. The fourth-order valence-electron chi connectivity index (χ4n) is 3.27. The summed E-state index contributed by atoms with van der Waals surface area (Å²) < 4.78 is 0. The Kier molecular flexibility index (Phi) is 6.64. The summed E-state index contributed by atoms with van der Waals surface area (Å²) >= 11 is 0. The van der Waals surface area contributed by atoms with Crippen LogP contribution in [0.15, 0.2) is 24.3 Å². The monoisotopic (exact) mass is 316 g/mol. The second kappa shape index (κ2) is 8.49. The van der Waals surface area contributed by atoms with E-state index in [1.54, 1.807) is 0 Å². The van der Waals surface area contributed by atoms with Crippen LogP contribution in [0.1, 0.15) is 68.8 Å². The molecule has 128 valence electrons. The number of nitrogens with zero attached hydrogens (tertiary/aromatic N) is 1. The highest BCUT2D eigenvalue weighted by atomic mass is 16.1. The maximum absolute atomic E-state index is 12.2. The zero-order valence-corrected chi connectivity index (χ0v) is 15.1. The first-order chi connectivity index (χ1) is 11.0. The third-order valence-electron chi connectivity index (χ3n) is 5.06. The standard InChI is InChI=1S/C20H32N2O/c1-15(2)18-5-7-19(8-6-18)20(23)21-12-9-17-10-13-22(14-11-17)16(3)4/h5-8,15-17H,9-14H2,1-4H3,(H,21,23). The lowest BCUT2D eigenvalue weighted by molar-refractivity contribution is 0.0946. The van der Waals surface area contributed by atoms with Gasteiger partial charge in [0.1, 0.15) is 0 Å². The van der Waals surface area contributed by atoms with E-state index in [2.05, 4.69) is 50.0 Å². The van der Waals surface area contributed by atoms with Crippen LogP contribution in [-0.2, 0) is 0 Å². The minimum absolute atomic E-state index is 0.0555. The number of carbonyl (C=O) groups is 1. The zero-order valence-electron chi connectivity index (χ0n) is 15.1. The third-order valence-corrected chi connectivity index (χ3v) is 5.06. The van der Waals surface area contributed by atoms with Gasteiger partial charge < -0.3 is 10.2 Å². The molecule has 0 bridgehead atoms. The van der Waals surface area contributed by atoms with E-state index in [0.717, 1.165) is 24.4 Å². The van der Waals surface area contributed by atoms with Crippen LogP contribution >= 0.6 is 0 Å². The second-order valence-corrected chi connectivity index (χ2v) is 7.39. The summed E-state index contributed by atoms with van der Waals surface area (Å²) in [6.45, 7) is 12.1. The van der Waals surface area contributed by atoms with Crippen molar-refractivity contribution in [2.45, 2.75) is 58.9 Å². The number of hydrogen-bond acceptors (Lipinski definition) is 2. The predicted molar refractivity (Wildman–Crippen MR) is 96.9 cm³/mol. The van der Waals surface area contributed by atoms with Crippen molar-refractivity contribution in [1.29, 1.82) is 0 Å². The first kappa shape index (κ1) is 18.0. The minimum Gasteiger partial charge on any atom is -0.352 e. The fraction of sp³-hybridized carbons (Fsp3) is 0.650. The third kappa shape index (κ3) is 5.35. The zero-order chi connectivity index (χ0) is 16.8. The Labute approximate surface area is 141 Å². The lowest BCUT2D eigenvalue weighted by Gasteiger charge is -2.34. The van der Waals surface area contributed by atoms with Gasteiger partial charge in [0.05, 0.1) is 0 Å². The van der Waals surface area contributed by atoms with Gasteiger partial charge in [-0.15, -0.1) is 0 Å². The van der Waals surface area contributed by atoms with Gasteiger partial charge in [0, 0.05) is 18.2 Å². The Morgan fingerprint density at radius 3 is 2.26 bits per heavy atom. The van der Waals surface area contributed by atoms with Gasteiger partial charge in [-0.1, -0.05) is 26.0 Å². The van der Waals surface area contributed by atoms with Crippen LogP contribution in [0, 0.1) is 5.92 Å². The quantitative estimate of drug-likeness (QED) is 0.858. The van der Waals surface area contributed by atoms with E-state index in [0.29, 0.717) is 12.0 Å². The molecule has 0 aromatic heterocycles. The number of piperidine rings is 1. The highest BCUT2D eigenvalue weighted by Gasteiger charge is 2.20. The first-order valence-electron chi connectivity index (χ1n) is 9.09. The lowest BCUT2D eigenvalue weighted by Crippen LogP contribution is -2.39. The molecule has 0 spiro atoms. The van der Waals surface area contributed by atoms with Gasteiger partial charge in [-0.25, -0.2) is 0 Å². The Hall–Kier alpha value is -1.35. The largest absolute Gasteiger partial charge is 0.352 e. The number of benzene rings is 1. The maximum atomic E-state index is 12.2. The molecule has 0 unspecified atom stereocenters. The second-order valence-electron chi connectivity index (χ2n) is 7.39. The lowest BCUT2D eigenvalue weighted by atomic mass is 9.93. The van der Waals surface area contributed by atoms with Gasteiger partial charge in [-0.3, -0.25) is 4.79 Å². The molecule has 0 saturated carbocycles. The summed E-state index contributed by atoms with van der Waals surface area (Å²) in [6, 6.07) is 8.64. The molecule has 1 amide bonds. The van der Waals surface area contributed by atoms with Gasteiger partial charge in [0.2, 0.25) is 0 Å². The van der Waals surface area contributed by atoms with E-state index in [1.165, 1.54) is 31.5 Å². The van der Waals surface area contributed by atoms with Crippen LogP contribution in [0.4, 0.5) is 0 Å². The van der Waals surface area contributed by atoms with Crippen LogP contribution in [0.25, 0.3) is 0 Å². The van der Waals surface area contributed by atoms with E-state index in [4.69, 9.17) is 0 Å². The maximum Gasteiger partial charge on any atom is 0.251 e. The predicted octanol–water partition coefficient (Wildman–Crippen LogP) is 4.05. The van der Waals surface area contributed by atoms with Crippen molar-refractivity contribution in [2.24, 2.45) is 5.92 Å². The SMILES string of the molecule is CC(C)c1ccc(C(=O)NCCC2CCN(C(C)C)CC2)cc1. The van der Waals surface area contributed by atoms with Crippen molar-refractivity contribution in [2.75, 3.05) is 19.6 Å². The average molecular weight is 316 g/mol. The van der Waals surface area contributed by atoms with Crippen LogP contribution in [0.3, 0.4) is 0 Å². The number of amides is 1. The summed E-state index contributed by atoms with van der Waals surface area (Å²) in [7, 11) is 0. The topological polar surface area (TPSA) is 32.3 Å². The molecule has 3 nitrogen and oxygen atoms in total. The average Bonchev–Trinajstić information content (AvgIpc) is 2.55. The summed E-state index contributed by atoms with van der Waals surface area (Å²) in [5.74, 6) is 1.32. The fourth-order valence-corrected chi connectivity index (χ4v) is 3.27. The molecule has 1 aromatic carbocycles. The van der Waals surface area contributed by atoms with Gasteiger partial charge in [-0.2, -0.15) is 0 Å². The summed E-state index contributed by atoms with van der Waals surface area (Å²) in [6.07, 6.45) is 3.62. The van der Waals surface area contributed by atoms with Crippen LogP contribution in [0.2, 0.25) is 0 Å². The molecular formula is C20H32N2O. The van der Waals surface area contributed by atoms with E-state index >= 15 is 0 Å². The molecule has 1 heterocycles. The van der Waals surface area contributed by atoms with Gasteiger partial charge in [0.25, 0.3) is 5.91 Å². The molecule has 0 radical (unpaired) electrons. The smallest absolute Gasteiger partial charge is 0.251 e. The molecule has 1 N–H and O–H groups in total. The molecule has 1 aromatic rings. The highest BCUT2D eigenvalue weighted by molar-refractivity contribution is 5.94. The van der Waals surface area contributed by atoms with Gasteiger partial charge in [-0.05, 0) is 75.7 Å². The Bertz CT molecular complexity index is 485. The molecule has 1 aliphatic rings. The Balaban J connectivity index is 1.71. The molecule has 23 heavy (non-hydrogen) atoms. The van der Waals surface area contributed by atoms with Crippen LogP contribution in [0.5, 0.6) is 0 Å². The number of rotatable bonds is 6. The van der Waals surface area contributed by atoms with Crippen molar-refractivity contribution in [3.63, 3.8) is 0 Å². The first-order valence-corrected chi connectivity index (χ1v) is 9.09. The van der Waals surface area contributed by atoms with E-state index in [1.807, 2.05) is 12.1 Å².